The Kier molecular flexibility index (Phi) is 4.75. The molecule has 1 N–H and O–H groups in total. The van der Waals surface area contributed by atoms with Gasteiger partial charge < -0.3 is 5.11 Å². The fourth-order valence-electron chi connectivity index (χ4n) is 1.45. The second-order valence-corrected chi connectivity index (χ2v) is 6.74. The van der Waals surface area contributed by atoms with Gasteiger partial charge in [0.2, 0.25) is 10.0 Å². The first-order chi connectivity index (χ1) is 8.29. The molecule has 0 aliphatic heterocycles. The predicted molar refractivity (Wildman–Crippen MR) is 73.2 cm³/mol. The monoisotopic (exact) mass is 335 g/mol. The second kappa shape index (κ2) is 5.71. The summed E-state index contributed by atoms with van der Waals surface area (Å²) in [6.45, 7) is 2.83. The molecule has 0 spiro atoms. The molecule has 0 heterocycles. The minimum absolute atomic E-state index is 0.152. The van der Waals surface area contributed by atoms with Crippen molar-refractivity contribution in [1.29, 1.82) is 0 Å². The van der Waals surface area contributed by atoms with Crippen molar-refractivity contribution in [3.8, 4) is 0 Å². The molecular formula is C11H14BrNO4S. The highest BCUT2D eigenvalue weighted by molar-refractivity contribution is 9.10. The average Bonchev–Trinajstić information content (AvgIpc) is 2.31. The Morgan fingerprint density at radius 2 is 1.89 bits per heavy atom. The Bertz CT molecular complexity index is 526. The predicted octanol–water partition coefficient (Wildman–Crippen LogP) is 2.08. The summed E-state index contributed by atoms with van der Waals surface area (Å²) in [7, 11) is -3.63. The lowest BCUT2D eigenvalue weighted by Crippen LogP contribution is -2.44. The van der Waals surface area contributed by atoms with Crippen LogP contribution in [0.25, 0.3) is 0 Å². The molecule has 0 aliphatic rings. The van der Waals surface area contributed by atoms with Gasteiger partial charge in [0.25, 0.3) is 0 Å². The van der Waals surface area contributed by atoms with Crippen molar-refractivity contribution in [3.05, 3.63) is 28.7 Å². The van der Waals surface area contributed by atoms with Gasteiger partial charge in [0, 0.05) is 4.47 Å². The summed E-state index contributed by atoms with van der Waals surface area (Å²) in [5.41, 5.74) is 0.343. The van der Waals surface area contributed by atoms with E-state index < -0.39 is 22.0 Å². The van der Waals surface area contributed by atoms with E-state index in [4.69, 9.17) is 5.11 Å². The number of halogens is 1. The van der Waals surface area contributed by atoms with Gasteiger partial charge >= 0.3 is 5.97 Å². The van der Waals surface area contributed by atoms with Gasteiger partial charge in [-0.3, -0.25) is 4.31 Å². The van der Waals surface area contributed by atoms with E-state index in [1.807, 2.05) is 0 Å². The molecule has 0 fully saturated rings. The van der Waals surface area contributed by atoms with Crippen LogP contribution in [-0.4, -0.2) is 31.3 Å². The van der Waals surface area contributed by atoms with Crippen LogP contribution in [0.15, 0.2) is 28.7 Å². The zero-order valence-electron chi connectivity index (χ0n) is 10.00. The van der Waals surface area contributed by atoms with E-state index in [1.54, 1.807) is 24.3 Å². The normalized spacial score (nSPS) is 13.1. The highest BCUT2D eigenvalue weighted by atomic mass is 79.9. The topological polar surface area (TPSA) is 74.7 Å². The largest absolute Gasteiger partial charge is 0.480 e. The number of sulfonamides is 1. The van der Waals surface area contributed by atoms with Gasteiger partial charge in [0.15, 0.2) is 0 Å². The molecule has 100 valence electrons. The van der Waals surface area contributed by atoms with E-state index in [0.29, 0.717) is 5.69 Å². The first-order valence-corrected chi connectivity index (χ1v) is 7.70. The van der Waals surface area contributed by atoms with Gasteiger partial charge in [0.05, 0.1) is 11.4 Å². The van der Waals surface area contributed by atoms with Crippen molar-refractivity contribution in [2.45, 2.75) is 19.9 Å². The van der Waals surface area contributed by atoms with Crippen molar-refractivity contribution in [2.75, 3.05) is 10.1 Å². The summed E-state index contributed by atoms with van der Waals surface area (Å²) < 4.78 is 25.7. The molecule has 1 rings (SSSR count). The third-order valence-electron chi connectivity index (χ3n) is 2.45. The van der Waals surface area contributed by atoms with Gasteiger partial charge in [-0.2, -0.15) is 0 Å². The van der Waals surface area contributed by atoms with Crippen molar-refractivity contribution < 1.29 is 18.3 Å². The zero-order chi connectivity index (χ0) is 13.9. The number of nitrogens with zero attached hydrogens (tertiary/aromatic N) is 1. The number of aliphatic carboxylic acids is 1. The van der Waals surface area contributed by atoms with Crippen LogP contribution in [0.1, 0.15) is 13.8 Å². The first-order valence-electron chi connectivity index (χ1n) is 5.30. The summed E-state index contributed by atoms with van der Waals surface area (Å²) in [5.74, 6) is -1.34. The standard InChI is InChI=1S/C11H14BrNO4S/c1-3-18(16,17)13(8(2)11(14)15)10-6-4-9(12)5-7-10/h4-8H,3H2,1-2H3,(H,14,15). The average molecular weight is 336 g/mol. The number of rotatable bonds is 5. The molecular weight excluding hydrogens is 322 g/mol. The minimum atomic E-state index is -3.63. The van der Waals surface area contributed by atoms with Crippen molar-refractivity contribution in [2.24, 2.45) is 0 Å². The number of carbonyl (C=O) groups is 1. The molecule has 1 atom stereocenters. The molecule has 0 aromatic heterocycles. The summed E-state index contributed by atoms with van der Waals surface area (Å²) >= 11 is 3.24. The number of carboxylic acid groups (broad SMARTS) is 1. The smallest absolute Gasteiger partial charge is 0.327 e. The minimum Gasteiger partial charge on any atom is -0.480 e. The SMILES string of the molecule is CCS(=O)(=O)N(c1ccc(Br)cc1)C(C)C(=O)O. The van der Waals surface area contributed by atoms with E-state index in [1.165, 1.54) is 13.8 Å². The highest BCUT2D eigenvalue weighted by Gasteiger charge is 2.30. The molecule has 18 heavy (non-hydrogen) atoms. The fraction of sp³-hybridized carbons (Fsp3) is 0.364. The van der Waals surface area contributed by atoms with Crippen molar-refractivity contribution in [3.63, 3.8) is 0 Å². The van der Waals surface area contributed by atoms with E-state index in [-0.39, 0.29) is 5.75 Å². The molecule has 1 unspecified atom stereocenters. The molecule has 0 radical (unpaired) electrons. The lowest BCUT2D eigenvalue weighted by Gasteiger charge is -2.27. The van der Waals surface area contributed by atoms with E-state index in [2.05, 4.69) is 15.9 Å². The molecule has 0 bridgehead atoms. The van der Waals surface area contributed by atoms with Gasteiger partial charge in [-0.05, 0) is 38.1 Å². The molecule has 7 heteroatoms. The first kappa shape index (κ1) is 15.0. The second-order valence-electron chi connectivity index (χ2n) is 3.69. The number of anilines is 1. The van der Waals surface area contributed by atoms with E-state index in [0.717, 1.165) is 8.78 Å². The van der Waals surface area contributed by atoms with Gasteiger partial charge in [-0.15, -0.1) is 0 Å². The summed E-state index contributed by atoms with van der Waals surface area (Å²) in [5, 5.41) is 9.01. The van der Waals surface area contributed by atoms with Crippen LogP contribution >= 0.6 is 15.9 Å². The number of hydrogen-bond acceptors (Lipinski definition) is 3. The van der Waals surface area contributed by atoms with Gasteiger partial charge in [0.1, 0.15) is 6.04 Å². The van der Waals surface area contributed by atoms with Crippen molar-refractivity contribution >= 4 is 37.6 Å². The number of carboxylic acids is 1. The third-order valence-corrected chi connectivity index (χ3v) is 4.84. The summed E-state index contributed by atoms with van der Waals surface area (Å²) in [6, 6.07) is 5.33. The Morgan fingerprint density at radius 1 is 1.39 bits per heavy atom. The van der Waals surface area contributed by atoms with Crippen LogP contribution in [0.5, 0.6) is 0 Å². The van der Waals surface area contributed by atoms with Crippen LogP contribution < -0.4 is 4.31 Å². The maximum absolute atomic E-state index is 12.0. The summed E-state index contributed by atoms with van der Waals surface area (Å²) in [4.78, 5) is 11.0. The van der Waals surface area contributed by atoms with Crippen LogP contribution in [0.2, 0.25) is 0 Å². The third kappa shape index (κ3) is 3.23. The maximum Gasteiger partial charge on any atom is 0.327 e. The van der Waals surface area contributed by atoms with Crippen molar-refractivity contribution in [1.82, 2.24) is 0 Å². The number of hydrogen-bond donors (Lipinski definition) is 1. The van der Waals surface area contributed by atoms with Crippen LogP contribution in [0.4, 0.5) is 5.69 Å². The Labute approximate surface area is 115 Å². The lowest BCUT2D eigenvalue weighted by atomic mass is 10.2. The molecule has 1 aromatic carbocycles. The molecule has 0 saturated heterocycles. The Morgan fingerprint density at radius 3 is 2.28 bits per heavy atom. The molecule has 0 amide bonds. The van der Waals surface area contributed by atoms with Crippen LogP contribution in [0.3, 0.4) is 0 Å². The fourth-order valence-corrected chi connectivity index (χ4v) is 3.01. The van der Waals surface area contributed by atoms with Crippen LogP contribution in [-0.2, 0) is 14.8 Å². The quantitative estimate of drug-likeness (QED) is 0.893. The van der Waals surface area contributed by atoms with Gasteiger partial charge in [-0.25, -0.2) is 13.2 Å². The molecule has 1 aromatic rings. The Hall–Kier alpha value is -1.08. The highest BCUT2D eigenvalue weighted by Crippen LogP contribution is 2.23. The zero-order valence-corrected chi connectivity index (χ0v) is 12.4. The van der Waals surface area contributed by atoms with Gasteiger partial charge in [-0.1, -0.05) is 15.9 Å². The molecule has 0 aliphatic carbocycles. The summed E-state index contributed by atoms with van der Waals surface area (Å²) in [6.07, 6.45) is 0. The number of benzene rings is 1. The van der Waals surface area contributed by atoms with Crippen LogP contribution in [0, 0.1) is 0 Å². The maximum atomic E-state index is 12.0. The Balaban J connectivity index is 3.29. The van der Waals surface area contributed by atoms with E-state index >= 15 is 0 Å². The lowest BCUT2D eigenvalue weighted by molar-refractivity contribution is -0.137. The van der Waals surface area contributed by atoms with E-state index in [9.17, 15) is 13.2 Å². The molecule has 5 nitrogen and oxygen atoms in total. The molecule has 0 saturated carbocycles.